The second kappa shape index (κ2) is 6.16. The molecular weight excluding hydrogens is 310 g/mol. The third-order valence-corrected chi connectivity index (χ3v) is 4.06. The second-order valence-electron chi connectivity index (χ2n) is 5.43. The molecule has 1 atom stereocenters. The Kier molecular flexibility index (Phi) is 4.04. The topological polar surface area (TPSA) is 83.9 Å². The summed E-state index contributed by atoms with van der Waals surface area (Å²) in [6, 6.07) is 13.0. The lowest BCUT2D eigenvalue weighted by atomic mass is 9.98. The molecule has 0 bridgehead atoms. The maximum absolute atomic E-state index is 12.4. The van der Waals surface area contributed by atoms with Gasteiger partial charge in [0.25, 0.3) is 11.8 Å². The van der Waals surface area contributed by atoms with Gasteiger partial charge in [0.2, 0.25) is 0 Å². The number of methoxy groups -OCH3 is 1. The molecule has 0 aliphatic carbocycles. The van der Waals surface area contributed by atoms with Crippen molar-refractivity contribution in [2.24, 2.45) is 0 Å². The van der Waals surface area contributed by atoms with Gasteiger partial charge in [0.05, 0.1) is 24.2 Å². The molecule has 0 saturated carbocycles. The van der Waals surface area contributed by atoms with Crippen molar-refractivity contribution in [3.63, 3.8) is 0 Å². The highest BCUT2D eigenvalue weighted by Gasteiger charge is 2.38. The first-order valence-electron chi connectivity index (χ1n) is 7.35. The van der Waals surface area contributed by atoms with Gasteiger partial charge < -0.3 is 9.84 Å². The Morgan fingerprint density at radius 2 is 1.58 bits per heavy atom. The van der Waals surface area contributed by atoms with E-state index < -0.39 is 23.7 Å². The number of carboxylic acid groups (broad SMARTS) is 1. The van der Waals surface area contributed by atoms with Crippen LogP contribution in [0.3, 0.4) is 0 Å². The summed E-state index contributed by atoms with van der Waals surface area (Å²) < 4.78 is 5.05. The fourth-order valence-corrected chi connectivity index (χ4v) is 2.75. The van der Waals surface area contributed by atoms with Crippen LogP contribution in [0.25, 0.3) is 0 Å². The predicted octanol–water partition coefficient (Wildman–Crippen LogP) is 2.16. The number of nitrogens with zero attached hydrogens (tertiary/aromatic N) is 1. The van der Waals surface area contributed by atoms with Crippen LogP contribution in [0.15, 0.2) is 48.5 Å². The van der Waals surface area contributed by atoms with Crippen LogP contribution in [0, 0.1) is 0 Å². The first kappa shape index (κ1) is 15.7. The van der Waals surface area contributed by atoms with Gasteiger partial charge in [-0.3, -0.25) is 19.3 Å². The minimum absolute atomic E-state index is 0.214. The van der Waals surface area contributed by atoms with E-state index in [-0.39, 0.29) is 6.54 Å². The van der Waals surface area contributed by atoms with E-state index in [2.05, 4.69) is 0 Å². The number of benzene rings is 2. The molecule has 2 aromatic rings. The average Bonchev–Trinajstić information content (AvgIpc) is 2.84. The SMILES string of the molecule is COc1ccc(C(CN2C(=O)c3ccccc3C2=O)C(=O)O)cc1. The van der Waals surface area contributed by atoms with E-state index in [4.69, 9.17) is 4.74 Å². The molecule has 122 valence electrons. The van der Waals surface area contributed by atoms with Crippen molar-refractivity contribution in [1.29, 1.82) is 0 Å². The Balaban J connectivity index is 1.88. The number of carbonyl (C=O) groups excluding carboxylic acids is 2. The maximum Gasteiger partial charge on any atom is 0.312 e. The quantitative estimate of drug-likeness (QED) is 0.852. The Labute approximate surface area is 138 Å². The van der Waals surface area contributed by atoms with Gasteiger partial charge >= 0.3 is 5.97 Å². The molecule has 0 fully saturated rings. The van der Waals surface area contributed by atoms with E-state index in [1.807, 2.05) is 0 Å². The lowest BCUT2D eigenvalue weighted by Gasteiger charge is -2.20. The maximum atomic E-state index is 12.4. The van der Waals surface area contributed by atoms with Crippen molar-refractivity contribution in [2.75, 3.05) is 13.7 Å². The van der Waals surface area contributed by atoms with Gasteiger partial charge in [-0.1, -0.05) is 24.3 Å². The van der Waals surface area contributed by atoms with Crippen LogP contribution in [-0.2, 0) is 4.79 Å². The number of aliphatic carboxylic acids is 1. The minimum atomic E-state index is -1.10. The molecule has 0 aromatic heterocycles. The van der Waals surface area contributed by atoms with Gasteiger partial charge in [0.15, 0.2) is 0 Å². The first-order chi connectivity index (χ1) is 11.5. The number of carbonyl (C=O) groups is 3. The monoisotopic (exact) mass is 325 g/mol. The summed E-state index contributed by atoms with van der Waals surface area (Å²) >= 11 is 0. The van der Waals surface area contributed by atoms with Crippen molar-refractivity contribution in [3.8, 4) is 5.75 Å². The average molecular weight is 325 g/mol. The number of fused-ring (bicyclic) bond motifs is 1. The number of ether oxygens (including phenoxy) is 1. The van der Waals surface area contributed by atoms with E-state index in [9.17, 15) is 19.5 Å². The lowest BCUT2D eigenvalue weighted by Crippen LogP contribution is -2.36. The summed E-state index contributed by atoms with van der Waals surface area (Å²) in [4.78, 5) is 37.4. The molecule has 1 heterocycles. The molecule has 0 saturated heterocycles. The third kappa shape index (κ3) is 2.62. The molecule has 6 heteroatoms. The minimum Gasteiger partial charge on any atom is -0.497 e. The molecule has 0 spiro atoms. The number of imide groups is 1. The van der Waals surface area contributed by atoms with E-state index in [0.717, 1.165) is 4.90 Å². The zero-order chi connectivity index (χ0) is 17.3. The molecule has 24 heavy (non-hydrogen) atoms. The number of amides is 2. The smallest absolute Gasteiger partial charge is 0.312 e. The van der Waals surface area contributed by atoms with Crippen molar-refractivity contribution in [2.45, 2.75) is 5.92 Å². The molecule has 2 aromatic carbocycles. The Morgan fingerprint density at radius 3 is 2.04 bits per heavy atom. The van der Waals surface area contributed by atoms with E-state index in [0.29, 0.717) is 22.4 Å². The standard InChI is InChI=1S/C18H15NO5/c1-24-12-8-6-11(7-9-12)15(18(22)23)10-19-16(20)13-4-2-3-5-14(13)17(19)21/h2-9,15H,10H2,1H3,(H,22,23). The molecule has 1 N–H and O–H groups in total. The summed E-state index contributed by atoms with van der Waals surface area (Å²) in [6.07, 6.45) is 0. The van der Waals surface area contributed by atoms with E-state index in [1.165, 1.54) is 7.11 Å². The summed E-state index contributed by atoms with van der Waals surface area (Å²) in [5.74, 6) is -2.43. The van der Waals surface area contributed by atoms with Gasteiger partial charge in [-0.15, -0.1) is 0 Å². The number of hydrogen-bond acceptors (Lipinski definition) is 4. The lowest BCUT2D eigenvalue weighted by molar-refractivity contribution is -0.138. The van der Waals surface area contributed by atoms with Gasteiger partial charge in [-0.05, 0) is 29.8 Å². The Hall–Kier alpha value is -3.15. The van der Waals surface area contributed by atoms with Crippen LogP contribution < -0.4 is 4.74 Å². The molecular formula is C18H15NO5. The van der Waals surface area contributed by atoms with Crippen molar-refractivity contribution < 1.29 is 24.2 Å². The van der Waals surface area contributed by atoms with Gasteiger partial charge in [0.1, 0.15) is 5.75 Å². The normalized spacial score (nSPS) is 14.5. The molecule has 1 aliphatic rings. The Morgan fingerprint density at radius 1 is 1.04 bits per heavy atom. The second-order valence-corrected chi connectivity index (χ2v) is 5.43. The fraction of sp³-hybridized carbons (Fsp3) is 0.167. The van der Waals surface area contributed by atoms with Gasteiger partial charge in [-0.2, -0.15) is 0 Å². The third-order valence-electron chi connectivity index (χ3n) is 4.06. The molecule has 1 aliphatic heterocycles. The van der Waals surface area contributed by atoms with Crippen LogP contribution >= 0.6 is 0 Å². The van der Waals surface area contributed by atoms with Crippen LogP contribution in [0.5, 0.6) is 5.75 Å². The first-order valence-corrected chi connectivity index (χ1v) is 7.35. The molecule has 2 amide bonds. The van der Waals surface area contributed by atoms with Crippen LogP contribution in [0.1, 0.15) is 32.2 Å². The highest BCUT2D eigenvalue weighted by atomic mass is 16.5. The number of carboxylic acids is 1. The molecule has 1 unspecified atom stereocenters. The van der Waals surface area contributed by atoms with Crippen molar-refractivity contribution in [1.82, 2.24) is 4.90 Å². The zero-order valence-electron chi connectivity index (χ0n) is 12.9. The van der Waals surface area contributed by atoms with Crippen LogP contribution in [0.4, 0.5) is 0 Å². The summed E-state index contributed by atoms with van der Waals surface area (Å²) in [7, 11) is 1.52. The van der Waals surface area contributed by atoms with Gasteiger partial charge in [-0.25, -0.2) is 0 Å². The largest absolute Gasteiger partial charge is 0.497 e. The van der Waals surface area contributed by atoms with Crippen molar-refractivity contribution in [3.05, 3.63) is 65.2 Å². The van der Waals surface area contributed by atoms with E-state index >= 15 is 0 Å². The number of hydrogen-bond donors (Lipinski definition) is 1. The summed E-state index contributed by atoms with van der Waals surface area (Å²) in [5.41, 5.74) is 1.11. The van der Waals surface area contributed by atoms with Crippen LogP contribution in [-0.4, -0.2) is 41.4 Å². The zero-order valence-corrected chi connectivity index (χ0v) is 12.9. The van der Waals surface area contributed by atoms with Gasteiger partial charge in [0, 0.05) is 6.54 Å². The Bertz CT molecular complexity index is 777. The summed E-state index contributed by atoms with van der Waals surface area (Å²) in [6.45, 7) is -0.214. The molecule has 6 nitrogen and oxygen atoms in total. The highest BCUT2D eigenvalue weighted by molar-refractivity contribution is 6.21. The predicted molar refractivity (Wildman–Crippen MR) is 85.2 cm³/mol. The van der Waals surface area contributed by atoms with E-state index in [1.54, 1.807) is 48.5 Å². The fourth-order valence-electron chi connectivity index (χ4n) is 2.75. The molecule has 3 rings (SSSR count). The number of rotatable bonds is 5. The van der Waals surface area contributed by atoms with Crippen LogP contribution in [0.2, 0.25) is 0 Å². The molecule has 0 radical (unpaired) electrons. The van der Waals surface area contributed by atoms with Crippen molar-refractivity contribution >= 4 is 17.8 Å². The summed E-state index contributed by atoms with van der Waals surface area (Å²) in [5, 5.41) is 9.52. The highest BCUT2D eigenvalue weighted by Crippen LogP contribution is 2.27.